The summed E-state index contributed by atoms with van der Waals surface area (Å²) in [5.41, 5.74) is 0.615. The molecule has 0 bridgehead atoms. The van der Waals surface area contributed by atoms with Gasteiger partial charge >= 0.3 is 0 Å². The van der Waals surface area contributed by atoms with Crippen LogP contribution in [-0.4, -0.2) is 32.4 Å². The summed E-state index contributed by atoms with van der Waals surface area (Å²) in [6.45, 7) is 2.03. The molecule has 22 heavy (non-hydrogen) atoms. The molecule has 0 aliphatic rings. The predicted molar refractivity (Wildman–Crippen MR) is 86.2 cm³/mol. The van der Waals surface area contributed by atoms with Gasteiger partial charge in [0.25, 0.3) is 5.91 Å². The van der Waals surface area contributed by atoms with Crippen molar-refractivity contribution in [1.82, 2.24) is 19.4 Å². The van der Waals surface area contributed by atoms with Gasteiger partial charge in [0.05, 0.1) is 6.04 Å². The largest absolute Gasteiger partial charge is 0.334 e. The molecular weight excluding hydrogens is 296 g/mol. The van der Waals surface area contributed by atoms with Crippen LogP contribution in [0.5, 0.6) is 0 Å². The molecule has 0 aromatic carbocycles. The Morgan fingerprint density at radius 2 is 2.23 bits per heavy atom. The summed E-state index contributed by atoms with van der Waals surface area (Å²) in [7, 11) is 1.82. The molecule has 3 aromatic heterocycles. The molecule has 0 fully saturated rings. The summed E-state index contributed by atoms with van der Waals surface area (Å²) in [5, 5.41) is 2.02. The second-order valence-electron chi connectivity index (χ2n) is 4.98. The second-order valence-corrected chi connectivity index (χ2v) is 5.96. The van der Waals surface area contributed by atoms with Crippen LogP contribution in [-0.2, 0) is 0 Å². The molecular formula is C16H16N4OS. The van der Waals surface area contributed by atoms with Crippen LogP contribution in [0.4, 0.5) is 0 Å². The normalized spacial score (nSPS) is 12.1. The molecule has 0 saturated carbocycles. The van der Waals surface area contributed by atoms with E-state index in [1.54, 1.807) is 57.9 Å². The highest BCUT2D eigenvalue weighted by atomic mass is 32.1. The van der Waals surface area contributed by atoms with Gasteiger partial charge in [-0.1, -0.05) is 6.07 Å². The SMILES string of the molecule is CC(c1cccs1)N(C)C(=O)c1ccnc(-n2ccnc2)c1. The van der Waals surface area contributed by atoms with Crippen LogP contribution < -0.4 is 0 Å². The van der Waals surface area contributed by atoms with Gasteiger partial charge in [0.1, 0.15) is 12.1 Å². The van der Waals surface area contributed by atoms with E-state index >= 15 is 0 Å². The van der Waals surface area contributed by atoms with E-state index in [9.17, 15) is 4.79 Å². The maximum absolute atomic E-state index is 12.7. The molecule has 5 nitrogen and oxygen atoms in total. The molecule has 1 atom stereocenters. The Balaban J connectivity index is 1.84. The third-order valence-electron chi connectivity index (χ3n) is 3.62. The lowest BCUT2D eigenvalue weighted by Gasteiger charge is -2.24. The van der Waals surface area contributed by atoms with Crippen molar-refractivity contribution in [3.8, 4) is 5.82 Å². The van der Waals surface area contributed by atoms with Crippen molar-refractivity contribution in [3.63, 3.8) is 0 Å². The van der Waals surface area contributed by atoms with Crippen molar-refractivity contribution in [2.75, 3.05) is 7.05 Å². The van der Waals surface area contributed by atoms with Gasteiger partial charge in [-0.3, -0.25) is 9.36 Å². The topological polar surface area (TPSA) is 51.0 Å². The fraction of sp³-hybridized carbons (Fsp3) is 0.188. The van der Waals surface area contributed by atoms with Crippen molar-refractivity contribution in [2.24, 2.45) is 0 Å². The highest BCUT2D eigenvalue weighted by molar-refractivity contribution is 7.10. The van der Waals surface area contributed by atoms with Crippen molar-refractivity contribution in [2.45, 2.75) is 13.0 Å². The lowest BCUT2D eigenvalue weighted by atomic mass is 10.2. The number of amides is 1. The zero-order chi connectivity index (χ0) is 15.5. The fourth-order valence-corrected chi connectivity index (χ4v) is 3.01. The van der Waals surface area contributed by atoms with E-state index in [0.717, 1.165) is 0 Å². The number of hydrogen-bond acceptors (Lipinski definition) is 4. The van der Waals surface area contributed by atoms with Crippen molar-refractivity contribution >= 4 is 17.2 Å². The Morgan fingerprint density at radius 1 is 1.36 bits per heavy atom. The number of carbonyl (C=O) groups is 1. The number of carbonyl (C=O) groups excluding carboxylic acids is 1. The van der Waals surface area contributed by atoms with Gasteiger partial charge < -0.3 is 4.90 Å². The van der Waals surface area contributed by atoms with Crippen molar-refractivity contribution in [1.29, 1.82) is 0 Å². The average molecular weight is 312 g/mol. The van der Waals surface area contributed by atoms with Crippen LogP contribution in [0.3, 0.4) is 0 Å². The molecule has 0 N–H and O–H groups in total. The molecule has 0 spiro atoms. The minimum atomic E-state index is -0.0235. The third kappa shape index (κ3) is 2.78. The standard InChI is InChI=1S/C16H16N4OS/c1-12(14-4-3-9-22-14)19(2)16(21)13-5-6-18-15(10-13)20-8-7-17-11-20/h3-12H,1-2H3. The summed E-state index contributed by atoms with van der Waals surface area (Å²) >= 11 is 1.65. The monoisotopic (exact) mass is 312 g/mol. The lowest BCUT2D eigenvalue weighted by Crippen LogP contribution is -2.29. The van der Waals surface area contributed by atoms with Gasteiger partial charge in [-0.05, 0) is 30.5 Å². The third-order valence-corrected chi connectivity index (χ3v) is 4.66. The molecule has 3 aromatic rings. The highest BCUT2D eigenvalue weighted by Gasteiger charge is 2.20. The quantitative estimate of drug-likeness (QED) is 0.743. The fourth-order valence-electron chi connectivity index (χ4n) is 2.19. The number of imidazole rings is 1. The summed E-state index contributed by atoms with van der Waals surface area (Å²) in [4.78, 5) is 23.9. The van der Waals surface area contributed by atoms with Crippen LogP contribution in [0.1, 0.15) is 28.2 Å². The van der Waals surface area contributed by atoms with Gasteiger partial charge in [0.15, 0.2) is 0 Å². The van der Waals surface area contributed by atoms with E-state index in [1.165, 1.54) is 4.88 Å². The summed E-state index contributed by atoms with van der Waals surface area (Å²) in [6.07, 6.45) is 6.79. The van der Waals surface area contributed by atoms with Crippen LogP contribution in [0.15, 0.2) is 54.6 Å². The zero-order valence-corrected chi connectivity index (χ0v) is 13.2. The molecule has 0 radical (unpaired) electrons. The van der Waals surface area contributed by atoms with E-state index in [1.807, 2.05) is 31.5 Å². The van der Waals surface area contributed by atoms with Gasteiger partial charge in [0.2, 0.25) is 0 Å². The molecule has 3 heterocycles. The molecule has 1 amide bonds. The zero-order valence-electron chi connectivity index (χ0n) is 12.4. The van der Waals surface area contributed by atoms with Crippen LogP contribution in [0, 0.1) is 0 Å². The smallest absolute Gasteiger partial charge is 0.254 e. The van der Waals surface area contributed by atoms with Crippen LogP contribution >= 0.6 is 11.3 Å². The summed E-state index contributed by atoms with van der Waals surface area (Å²) in [5.74, 6) is 0.658. The maximum atomic E-state index is 12.7. The Bertz CT molecular complexity index is 752. The Morgan fingerprint density at radius 3 is 2.91 bits per heavy atom. The average Bonchev–Trinajstić information content (AvgIpc) is 3.25. The number of thiophene rings is 1. The van der Waals surface area contributed by atoms with E-state index in [0.29, 0.717) is 11.4 Å². The maximum Gasteiger partial charge on any atom is 0.254 e. The molecule has 0 saturated heterocycles. The highest BCUT2D eigenvalue weighted by Crippen LogP contribution is 2.24. The van der Waals surface area contributed by atoms with Crippen LogP contribution in [0.2, 0.25) is 0 Å². The van der Waals surface area contributed by atoms with Crippen LogP contribution in [0.25, 0.3) is 5.82 Å². The second kappa shape index (κ2) is 6.11. The molecule has 0 aliphatic carbocycles. The molecule has 6 heteroatoms. The first-order valence-electron chi connectivity index (χ1n) is 6.92. The Kier molecular flexibility index (Phi) is 4.02. The number of pyridine rings is 1. The van der Waals surface area contributed by atoms with E-state index < -0.39 is 0 Å². The van der Waals surface area contributed by atoms with Crippen molar-refractivity contribution < 1.29 is 4.79 Å². The minimum absolute atomic E-state index is 0.0235. The van der Waals surface area contributed by atoms with Gasteiger partial charge in [-0.25, -0.2) is 9.97 Å². The first kappa shape index (κ1) is 14.5. The minimum Gasteiger partial charge on any atom is -0.334 e. The number of hydrogen-bond donors (Lipinski definition) is 0. The van der Waals surface area contributed by atoms with Crippen molar-refractivity contribution in [3.05, 3.63) is 65.0 Å². The van der Waals surface area contributed by atoms with Gasteiger partial charge in [-0.2, -0.15) is 0 Å². The van der Waals surface area contributed by atoms with E-state index in [4.69, 9.17) is 0 Å². The lowest BCUT2D eigenvalue weighted by molar-refractivity contribution is 0.0745. The van der Waals surface area contributed by atoms with E-state index in [2.05, 4.69) is 9.97 Å². The Labute approximate surface area is 132 Å². The summed E-state index contributed by atoms with van der Waals surface area (Å²) < 4.78 is 1.78. The first-order valence-corrected chi connectivity index (χ1v) is 7.79. The predicted octanol–water partition coefficient (Wildman–Crippen LogP) is 3.16. The first-order chi connectivity index (χ1) is 10.7. The molecule has 0 aliphatic heterocycles. The molecule has 3 rings (SSSR count). The van der Waals surface area contributed by atoms with Gasteiger partial charge in [0, 0.05) is 36.1 Å². The molecule has 112 valence electrons. The molecule has 1 unspecified atom stereocenters. The number of nitrogens with zero attached hydrogens (tertiary/aromatic N) is 4. The number of rotatable bonds is 4. The summed E-state index contributed by atoms with van der Waals surface area (Å²) in [6, 6.07) is 7.60. The number of aromatic nitrogens is 3. The van der Waals surface area contributed by atoms with Gasteiger partial charge in [-0.15, -0.1) is 11.3 Å². The Hall–Kier alpha value is -2.47. The van der Waals surface area contributed by atoms with E-state index in [-0.39, 0.29) is 11.9 Å².